The summed E-state index contributed by atoms with van der Waals surface area (Å²) in [5, 5.41) is 3.54. The molecule has 0 spiro atoms. The van der Waals surface area contributed by atoms with Crippen LogP contribution in [0, 0.1) is 0 Å². The van der Waals surface area contributed by atoms with Crippen LogP contribution in [0.25, 0.3) is 0 Å². The highest BCUT2D eigenvalue weighted by Gasteiger charge is 2.25. The van der Waals surface area contributed by atoms with Gasteiger partial charge in [-0.25, -0.2) is 13.1 Å². The summed E-state index contributed by atoms with van der Waals surface area (Å²) in [5.41, 5.74) is 1.73. The monoisotopic (exact) mass is 521 g/mol. The van der Waals surface area contributed by atoms with Gasteiger partial charge in [0.05, 0.1) is 4.90 Å². The number of hydrogen-bond acceptors (Lipinski definition) is 4. The molecule has 7 nitrogen and oxygen atoms in total. The van der Waals surface area contributed by atoms with Crippen LogP contribution in [0.5, 0.6) is 0 Å². The molecule has 0 radical (unpaired) electrons. The number of sulfonamides is 1. The number of benzene rings is 2. The summed E-state index contributed by atoms with van der Waals surface area (Å²) in [6, 6.07) is 13.1. The average molecular weight is 522 g/mol. The Kier molecular flexibility index (Phi) is 11.7. The molecule has 0 aliphatic carbocycles. The first-order chi connectivity index (χ1) is 16.7. The standard InChI is InChI=1S/C26H36ClN3O4S/c1-4-6-7-18-28-26(32)20(3)30(19-22-8-13-23(27)14-9-22)25(31)17-12-21-10-15-24(16-11-21)35(33,34)29-5-2/h8-11,13-16,20,29H,4-7,12,17-19H2,1-3H3,(H,28,32). The summed E-state index contributed by atoms with van der Waals surface area (Å²) in [4.78, 5) is 27.8. The summed E-state index contributed by atoms with van der Waals surface area (Å²) in [6.07, 6.45) is 3.63. The Morgan fingerprint density at radius 1 is 0.971 bits per heavy atom. The van der Waals surface area contributed by atoms with E-state index in [9.17, 15) is 18.0 Å². The van der Waals surface area contributed by atoms with Gasteiger partial charge in [-0.1, -0.05) is 62.6 Å². The van der Waals surface area contributed by atoms with E-state index >= 15 is 0 Å². The molecule has 0 aromatic heterocycles. The third-order valence-corrected chi connectivity index (χ3v) is 7.52. The number of carbonyl (C=O) groups is 2. The first-order valence-corrected chi connectivity index (χ1v) is 13.9. The topological polar surface area (TPSA) is 95.6 Å². The number of halogens is 1. The Bertz CT molecular complexity index is 1060. The van der Waals surface area contributed by atoms with E-state index in [0.717, 1.165) is 30.4 Å². The van der Waals surface area contributed by atoms with Crippen molar-refractivity contribution in [1.82, 2.24) is 14.9 Å². The smallest absolute Gasteiger partial charge is 0.242 e. The van der Waals surface area contributed by atoms with Crippen LogP contribution in [-0.4, -0.2) is 44.3 Å². The van der Waals surface area contributed by atoms with Gasteiger partial charge in [-0.3, -0.25) is 9.59 Å². The molecule has 0 saturated carbocycles. The van der Waals surface area contributed by atoms with E-state index in [0.29, 0.717) is 31.1 Å². The van der Waals surface area contributed by atoms with Crippen molar-refractivity contribution in [2.45, 2.75) is 70.4 Å². The molecule has 2 aromatic carbocycles. The van der Waals surface area contributed by atoms with E-state index in [4.69, 9.17) is 11.6 Å². The quantitative estimate of drug-likeness (QED) is 0.362. The second-order valence-corrected chi connectivity index (χ2v) is 10.7. The SMILES string of the molecule is CCCCCNC(=O)C(C)N(Cc1ccc(Cl)cc1)C(=O)CCc1ccc(S(=O)(=O)NCC)cc1. The van der Waals surface area contributed by atoms with Crippen LogP contribution in [0.15, 0.2) is 53.4 Å². The maximum absolute atomic E-state index is 13.2. The molecule has 0 fully saturated rings. The van der Waals surface area contributed by atoms with Crippen molar-refractivity contribution in [3.8, 4) is 0 Å². The minimum Gasteiger partial charge on any atom is -0.354 e. The van der Waals surface area contributed by atoms with Crippen molar-refractivity contribution < 1.29 is 18.0 Å². The molecule has 2 amide bonds. The average Bonchev–Trinajstić information content (AvgIpc) is 2.84. The van der Waals surface area contributed by atoms with Gasteiger partial charge in [0.2, 0.25) is 21.8 Å². The van der Waals surface area contributed by atoms with Gasteiger partial charge < -0.3 is 10.2 Å². The van der Waals surface area contributed by atoms with E-state index in [1.54, 1.807) is 43.0 Å². The molecule has 1 unspecified atom stereocenters. The molecule has 9 heteroatoms. The number of carbonyl (C=O) groups excluding carboxylic acids is 2. The van der Waals surface area contributed by atoms with Gasteiger partial charge in [-0.05, 0) is 55.2 Å². The minimum atomic E-state index is -3.52. The number of hydrogen-bond donors (Lipinski definition) is 2. The van der Waals surface area contributed by atoms with Crippen LogP contribution in [-0.2, 0) is 32.6 Å². The van der Waals surface area contributed by atoms with Crippen LogP contribution in [0.4, 0.5) is 0 Å². The molecular formula is C26H36ClN3O4S. The predicted octanol–water partition coefficient (Wildman–Crippen LogP) is 4.29. The van der Waals surface area contributed by atoms with Gasteiger partial charge in [-0.2, -0.15) is 0 Å². The third kappa shape index (κ3) is 9.28. The molecule has 1 atom stereocenters. The molecule has 2 rings (SSSR count). The van der Waals surface area contributed by atoms with Crippen molar-refractivity contribution in [2.75, 3.05) is 13.1 Å². The maximum atomic E-state index is 13.2. The Morgan fingerprint density at radius 2 is 1.60 bits per heavy atom. The molecular weight excluding hydrogens is 486 g/mol. The minimum absolute atomic E-state index is 0.152. The van der Waals surface area contributed by atoms with Crippen molar-refractivity contribution >= 4 is 33.4 Å². The number of aryl methyl sites for hydroxylation is 1. The van der Waals surface area contributed by atoms with Crippen LogP contribution in [0.2, 0.25) is 5.02 Å². The summed E-state index contributed by atoms with van der Waals surface area (Å²) in [7, 11) is -3.52. The highest BCUT2D eigenvalue weighted by molar-refractivity contribution is 7.89. The number of nitrogens with zero attached hydrogens (tertiary/aromatic N) is 1. The Morgan fingerprint density at radius 3 is 2.20 bits per heavy atom. The summed E-state index contributed by atoms with van der Waals surface area (Å²) >= 11 is 5.99. The zero-order valence-corrected chi connectivity index (χ0v) is 22.3. The number of amides is 2. The number of nitrogens with one attached hydrogen (secondary N) is 2. The lowest BCUT2D eigenvalue weighted by Crippen LogP contribution is -2.47. The first kappa shape index (κ1) is 28.8. The zero-order chi connectivity index (χ0) is 25.8. The summed E-state index contributed by atoms with van der Waals surface area (Å²) in [6.45, 7) is 6.75. The molecule has 0 heterocycles. The van der Waals surface area contributed by atoms with Crippen LogP contribution in [0.1, 0.15) is 57.6 Å². The highest BCUT2D eigenvalue weighted by atomic mass is 35.5. The van der Waals surface area contributed by atoms with Gasteiger partial charge >= 0.3 is 0 Å². The number of unbranched alkanes of at least 4 members (excludes halogenated alkanes) is 2. The van der Waals surface area contributed by atoms with E-state index in [-0.39, 0.29) is 23.1 Å². The van der Waals surface area contributed by atoms with Gasteiger partial charge in [0.1, 0.15) is 6.04 Å². The number of rotatable bonds is 14. The molecule has 0 aliphatic heterocycles. The van der Waals surface area contributed by atoms with Crippen molar-refractivity contribution in [1.29, 1.82) is 0 Å². The van der Waals surface area contributed by atoms with Crippen molar-refractivity contribution in [3.05, 3.63) is 64.7 Å². The molecule has 0 bridgehead atoms. The molecule has 2 N–H and O–H groups in total. The Labute approximate surface area is 214 Å². The molecule has 192 valence electrons. The first-order valence-electron chi connectivity index (χ1n) is 12.1. The Balaban J connectivity index is 2.09. The summed E-state index contributed by atoms with van der Waals surface area (Å²) < 4.78 is 26.7. The van der Waals surface area contributed by atoms with E-state index < -0.39 is 16.1 Å². The maximum Gasteiger partial charge on any atom is 0.242 e. The van der Waals surface area contributed by atoms with Gasteiger partial charge in [0.25, 0.3) is 0 Å². The largest absolute Gasteiger partial charge is 0.354 e. The van der Waals surface area contributed by atoms with Gasteiger partial charge in [0.15, 0.2) is 0 Å². The molecule has 0 saturated heterocycles. The van der Waals surface area contributed by atoms with E-state index in [2.05, 4.69) is 17.0 Å². The van der Waals surface area contributed by atoms with E-state index in [1.165, 1.54) is 12.1 Å². The molecule has 2 aromatic rings. The second-order valence-electron chi connectivity index (χ2n) is 8.47. The van der Waals surface area contributed by atoms with Gasteiger partial charge in [-0.15, -0.1) is 0 Å². The van der Waals surface area contributed by atoms with Crippen LogP contribution in [0.3, 0.4) is 0 Å². The lowest BCUT2D eigenvalue weighted by atomic mass is 10.1. The van der Waals surface area contributed by atoms with Gasteiger partial charge in [0, 0.05) is 31.1 Å². The lowest BCUT2D eigenvalue weighted by molar-refractivity contribution is -0.140. The fourth-order valence-corrected chi connectivity index (χ4v) is 4.77. The normalized spacial score (nSPS) is 12.2. The summed E-state index contributed by atoms with van der Waals surface area (Å²) in [5.74, 6) is -0.332. The zero-order valence-electron chi connectivity index (χ0n) is 20.7. The predicted molar refractivity (Wildman–Crippen MR) is 140 cm³/mol. The Hall–Kier alpha value is -2.42. The second kappa shape index (κ2) is 14.2. The van der Waals surface area contributed by atoms with Crippen LogP contribution >= 0.6 is 11.6 Å². The fourth-order valence-electron chi connectivity index (χ4n) is 3.61. The third-order valence-electron chi connectivity index (χ3n) is 5.71. The lowest BCUT2D eigenvalue weighted by Gasteiger charge is -2.29. The molecule has 0 aliphatic rings. The molecule has 35 heavy (non-hydrogen) atoms. The van der Waals surface area contributed by atoms with E-state index in [1.807, 2.05) is 12.1 Å². The van der Waals surface area contributed by atoms with Crippen molar-refractivity contribution in [3.63, 3.8) is 0 Å². The highest BCUT2D eigenvalue weighted by Crippen LogP contribution is 2.17. The van der Waals surface area contributed by atoms with Crippen molar-refractivity contribution in [2.24, 2.45) is 0 Å². The fraction of sp³-hybridized carbons (Fsp3) is 0.462. The van der Waals surface area contributed by atoms with Crippen LogP contribution < -0.4 is 10.0 Å².